The van der Waals surface area contributed by atoms with Crippen LogP contribution in [0.1, 0.15) is 22.3 Å². The number of rotatable bonds is 3. The van der Waals surface area contributed by atoms with E-state index in [1.165, 1.54) is 55.2 Å². The highest BCUT2D eigenvalue weighted by Crippen LogP contribution is 2.27. The molecule has 41 heavy (non-hydrogen) atoms. The van der Waals surface area contributed by atoms with Crippen LogP contribution in [-0.2, 0) is 0 Å². The fourth-order valence-electron chi connectivity index (χ4n) is 6.42. The van der Waals surface area contributed by atoms with Gasteiger partial charge in [-0.15, -0.1) is 0 Å². The van der Waals surface area contributed by atoms with E-state index in [-0.39, 0.29) is 19.2 Å². The summed E-state index contributed by atoms with van der Waals surface area (Å²) in [5.74, 6) is 1.16. The maximum Gasteiger partial charge on any atom is 0.207 e. The lowest BCUT2D eigenvalue weighted by atomic mass is 9.38. The molecule has 7 rings (SSSR count). The van der Waals surface area contributed by atoms with E-state index in [2.05, 4.69) is 98.6 Å². The normalized spacial score (nSPS) is 13.0. The molecule has 2 heterocycles. The summed E-state index contributed by atoms with van der Waals surface area (Å²) in [4.78, 5) is 0. The van der Waals surface area contributed by atoms with Gasteiger partial charge in [-0.3, -0.25) is 0 Å². The van der Waals surface area contributed by atoms with Gasteiger partial charge in [0.15, 0.2) is 0 Å². The van der Waals surface area contributed by atoms with Gasteiger partial charge in [0.25, 0.3) is 0 Å². The van der Waals surface area contributed by atoms with Crippen LogP contribution in [0.5, 0.6) is 11.5 Å². The van der Waals surface area contributed by atoms with Crippen LogP contribution in [0.25, 0.3) is 46.6 Å². The Kier molecular flexibility index (Phi) is 6.20. The van der Waals surface area contributed by atoms with Gasteiger partial charge in [0.05, 0.1) is 7.11 Å². The van der Waals surface area contributed by atoms with Crippen LogP contribution >= 0.6 is 0 Å². The number of benzene rings is 5. The molecule has 0 bridgehead atoms. The second-order valence-electron chi connectivity index (χ2n) is 11.2. The molecule has 0 amide bonds. The second-order valence-corrected chi connectivity index (χ2v) is 11.2. The molecular formula is C37H30B2O2. The number of hydrogen-bond donors (Lipinski definition) is 1. The molecule has 0 saturated heterocycles. The highest BCUT2D eigenvalue weighted by molar-refractivity contribution is 6.87. The predicted molar refractivity (Wildman–Crippen MR) is 178 cm³/mol. The van der Waals surface area contributed by atoms with Crippen molar-refractivity contribution in [3.8, 4) is 33.8 Å². The fourth-order valence-corrected chi connectivity index (χ4v) is 6.42. The first kappa shape index (κ1) is 25.3. The lowest BCUT2D eigenvalue weighted by Crippen LogP contribution is -2.45. The summed E-state index contributed by atoms with van der Waals surface area (Å²) >= 11 is 0. The first-order valence-electron chi connectivity index (χ1n) is 14.2. The summed E-state index contributed by atoms with van der Waals surface area (Å²) in [5.41, 5.74) is 15.2. The SMILES string of the molecule is COc1ccc(-c2ccc3c(c2)C=Cc2cc4c(cc2B3C)C=Cc2cc(-c3ccc(O)cc3)ccc2B4C)cc1. The van der Waals surface area contributed by atoms with Crippen LogP contribution < -0.4 is 26.6 Å². The van der Waals surface area contributed by atoms with E-state index >= 15 is 0 Å². The van der Waals surface area contributed by atoms with Crippen molar-refractivity contribution in [3.05, 3.63) is 119 Å². The molecule has 0 saturated carbocycles. The molecule has 0 atom stereocenters. The van der Waals surface area contributed by atoms with Gasteiger partial charge in [-0.2, -0.15) is 0 Å². The molecule has 4 heteroatoms. The van der Waals surface area contributed by atoms with E-state index in [1.807, 2.05) is 24.3 Å². The van der Waals surface area contributed by atoms with E-state index < -0.39 is 0 Å². The second kappa shape index (κ2) is 10.1. The zero-order valence-electron chi connectivity index (χ0n) is 23.6. The monoisotopic (exact) mass is 528 g/mol. The van der Waals surface area contributed by atoms with Gasteiger partial charge < -0.3 is 9.84 Å². The lowest BCUT2D eigenvalue weighted by Gasteiger charge is -2.19. The van der Waals surface area contributed by atoms with Crippen molar-refractivity contribution >= 4 is 59.6 Å². The van der Waals surface area contributed by atoms with Crippen molar-refractivity contribution in [2.24, 2.45) is 0 Å². The standard InChI is InChI=1S/C37H30B2O2/c1-38-34-18-12-26(24-8-14-32(40)15-9-24)20-28(34)4-6-30-22-37-31(23-36(30)38)7-5-29-21-27(13-19-35(29)39(37)2)25-10-16-33(41-3)17-11-25/h4-23,40H,1-3H3. The quantitative estimate of drug-likeness (QED) is 0.284. The van der Waals surface area contributed by atoms with E-state index in [4.69, 9.17) is 4.74 Å². The smallest absolute Gasteiger partial charge is 0.207 e. The highest BCUT2D eigenvalue weighted by Gasteiger charge is 2.26. The summed E-state index contributed by atoms with van der Waals surface area (Å²) in [5, 5.41) is 9.70. The predicted octanol–water partition coefficient (Wildman–Crippen LogP) is 6.18. The molecule has 5 aromatic rings. The Morgan fingerprint density at radius 1 is 0.463 bits per heavy atom. The van der Waals surface area contributed by atoms with Crippen LogP contribution in [-0.4, -0.2) is 25.6 Å². The number of hydrogen-bond acceptors (Lipinski definition) is 2. The Labute approximate surface area is 242 Å². The van der Waals surface area contributed by atoms with Gasteiger partial charge in [0, 0.05) is 0 Å². The molecule has 0 spiro atoms. The topological polar surface area (TPSA) is 29.5 Å². The lowest BCUT2D eigenvalue weighted by molar-refractivity contribution is 0.415. The van der Waals surface area contributed by atoms with Crippen LogP contribution in [0.2, 0.25) is 13.6 Å². The average Bonchev–Trinajstić information content (AvgIpc) is 3.23. The average molecular weight is 528 g/mol. The van der Waals surface area contributed by atoms with Gasteiger partial charge in [0.2, 0.25) is 13.4 Å². The summed E-state index contributed by atoms with van der Waals surface area (Å²) < 4.78 is 5.34. The van der Waals surface area contributed by atoms with Gasteiger partial charge in [-0.05, 0) is 80.9 Å². The van der Waals surface area contributed by atoms with Crippen molar-refractivity contribution in [3.63, 3.8) is 0 Å². The van der Waals surface area contributed by atoms with Gasteiger partial charge in [0.1, 0.15) is 11.5 Å². The Morgan fingerprint density at radius 2 is 0.854 bits per heavy atom. The highest BCUT2D eigenvalue weighted by atomic mass is 16.5. The number of aromatic hydroxyl groups is 1. The number of phenolic OH excluding ortho intramolecular Hbond substituents is 1. The van der Waals surface area contributed by atoms with E-state index in [0.29, 0.717) is 0 Å². The molecular weight excluding hydrogens is 498 g/mol. The molecule has 2 nitrogen and oxygen atoms in total. The summed E-state index contributed by atoms with van der Waals surface area (Å²) in [6.07, 6.45) is 9.13. The van der Waals surface area contributed by atoms with Crippen LogP contribution in [0.4, 0.5) is 0 Å². The van der Waals surface area contributed by atoms with E-state index in [0.717, 1.165) is 16.9 Å². The summed E-state index contributed by atoms with van der Waals surface area (Å²) in [6.45, 7) is 5.19. The minimum Gasteiger partial charge on any atom is -0.508 e. The maximum absolute atomic E-state index is 9.70. The zero-order chi connectivity index (χ0) is 28.1. The minimum atomic E-state index is 0.269. The van der Waals surface area contributed by atoms with Crippen molar-refractivity contribution in [2.75, 3.05) is 7.11 Å². The van der Waals surface area contributed by atoms with Gasteiger partial charge in [-0.1, -0.05) is 120 Å². The molecule has 2 aliphatic rings. The summed E-state index contributed by atoms with van der Waals surface area (Å²) in [7, 11) is 1.70. The van der Waals surface area contributed by atoms with Crippen LogP contribution in [0, 0.1) is 0 Å². The molecule has 0 unspecified atom stereocenters. The fraction of sp³-hybridized carbons (Fsp3) is 0.0811. The molecule has 1 N–H and O–H groups in total. The first-order valence-corrected chi connectivity index (χ1v) is 14.2. The number of fused-ring (bicyclic) bond motifs is 4. The Morgan fingerprint density at radius 3 is 1.29 bits per heavy atom. The van der Waals surface area contributed by atoms with Crippen molar-refractivity contribution in [1.29, 1.82) is 0 Å². The Balaban J connectivity index is 1.25. The van der Waals surface area contributed by atoms with Gasteiger partial charge >= 0.3 is 0 Å². The van der Waals surface area contributed by atoms with E-state index in [9.17, 15) is 5.11 Å². The molecule has 0 aromatic heterocycles. The summed E-state index contributed by atoms with van der Waals surface area (Å²) in [6, 6.07) is 34.1. The third kappa shape index (κ3) is 4.50. The minimum absolute atomic E-state index is 0.269. The zero-order valence-corrected chi connectivity index (χ0v) is 23.6. The Hall–Kier alpha value is -4.69. The third-order valence-electron chi connectivity index (χ3n) is 8.84. The number of phenols is 1. The molecule has 5 aromatic carbocycles. The largest absolute Gasteiger partial charge is 0.508 e. The molecule has 196 valence electrons. The molecule has 0 fully saturated rings. The maximum atomic E-state index is 9.70. The number of ether oxygens (including phenoxy) is 1. The Bertz CT molecular complexity index is 1850. The third-order valence-corrected chi connectivity index (χ3v) is 8.84. The molecule has 0 aliphatic carbocycles. The first-order chi connectivity index (χ1) is 20.0. The van der Waals surface area contributed by atoms with Crippen molar-refractivity contribution in [2.45, 2.75) is 13.6 Å². The van der Waals surface area contributed by atoms with Crippen molar-refractivity contribution < 1.29 is 9.84 Å². The van der Waals surface area contributed by atoms with Crippen LogP contribution in [0.3, 0.4) is 0 Å². The number of methoxy groups -OCH3 is 1. The molecule has 2 aliphatic heterocycles. The van der Waals surface area contributed by atoms with Crippen molar-refractivity contribution in [1.82, 2.24) is 0 Å². The molecule has 0 radical (unpaired) electrons. The van der Waals surface area contributed by atoms with Crippen LogP contribution in [0.15, 0.2) is 97.1 Å². The van der Waals surface area contributed by atoms with Gasteiger partial charge in [-0.25, -0.2) is 0 Å². The van der Waals surface area contributed by atoms with E-state index in [1.54, 1.807) is 19.2 Å².